The number of carbonyl (C=O) groups is 3. The number of amides is 3. The molecular formula is C28H26FN3O4. The summed E-state index contributed by atoms with van der Waals surface area (Å²) in [5, 5.41) is 3.98. The van der Waals surface area contributed by atoms with Crippen molar-refractivity contribution in [2.45, 2.75) is 31.8 Å². The largest absolute Gasteiger partial charge is 0.379 e. The lowest BCUT2D eigenvalue weighted by atomic mass is 9.95. The molecule has 1 atom stereocenters. The molecule has 2 saturated heterocycles. The summed E-state index contributed by atoms with van der Waals surface area (Å²) >= 11 is 0. The van der Waals surface area contributed by atoms with Crippen molar-refractivity contribution in [3.05, 3.63) is 76.6 Å². The van der Waals surface area contributed by atoms with Gasteiger partial charge in [-0.3, -0.25) is 29.5 Å². The van der Waals surface area contributed by atoms with Crippen LogP contribution in [0.5, 0.6) is 0 Å². The minimum atomic E-state index is -0.729. The summed E-state index contributed by atoms with van der Waals surface area (Å²) < 4.78 is 20.5. The van der Waals surface area contributed by atoms with Crippen LogP contribution in [-0.2, 0) is 27.3 Å². The lowest BCUT2D eigenvalue weighted by Crippen LogP contribution is -2.53. The molecule has 1 N–H and O–H groups in total. The summed E-state index contributed by atoms with van der Waals surface area (Å²) in [6.07, 6.45) is 0.866. The van der Waals surface area contributed by atoms with E-state index < -0.39 is 11.9 Å². The third kappa shape index (κ3) is 3.96. The summed E-state index contributed by atoms with van der Waals surface area (Å²) in [4.78, 5) is 41.2. The van der Waals surface area contributed by atoms with Crippen molar-refractivity contribution >= 4 is 34.2 Å². The van der Waals surface area contributed by atoms with E-state index in [1.165, 1.54) is 4.90 Å². The molecule has 184 valence electrons. The highest BCUT2D eigenvalue weighted by molar-refractivity contribution is 6.27. The first-order valence-electron chi connectivity index (χ1n) is 12.3. The quantitative estimate of drug-likeness (QED) is 0.560. The minimum Gasteiger partial charge on any atom is -0.379 e. The first kappa shape index (κ1) is 22.8. The molecule has 1 unspecified atom stereocenters. The van der Waals surface area contributed by atoms with E-state index in [0.717, 1.165) is 35.0 Å². The highest BCUT2D eigenvalue weighted by Crippen LogP contribution is 2.41. The van der Waals surface area contributed by atoms with E-state index in [0.29, 0.717) is 43.0 Å². The molecule has 3 aromatic rings. The van der Waals surface area contributed by atoms with Gasteiger partial charge in [-0.15, -0.1) is 0 Å². The number of anilines is 1. The van der Waals surface area contributed by atoms with Crippen molar-refractivity contribution < 1.29 is 23.5 Å². The Kier molecular flexibility index (Phi) is 5.78. The van der Waals surface area contributed by atoms with Gasteiger partial charge in [-0.2, -0.15) is 0 Å². The number of hydrogen-bond acceptors (Lipinski definition) is 5. The molecule has 3 aromatic carbocycles. The molecule has 0 saturated carbocycles. The van der Waals surface area contributed by atoms with Crippen LogP contribution in [0.2, 0.25) is 0 Å². The van der Waals surface area contributed by atoms with E-state index in [1.54, 1.807) is 12.1 Å². The lowest BCUT2D eigenvalue weighted by molar-refractivity contribution is -0.134. The van der Waals surface area contributed by atoms with Crippen LogP contribution in [0.1, 0.15) is 39.9 Å². The fraction of sp³-hybridized carbons (Fsp3) is 0.321. The van der Waals surface area contributed by atoms with Crippen molar-refractivity contribution in [1.29, 1.82) is 0 Å². The SMILES string of the molecule is O=C1CCC(N2C(=O)c3cccc4c(Cc5ccc(CN6CCOCC6)cc5F)ccc2c34)C(=O)N1. The first-order chi connectivity index (χ1) is 17.5. The van der Waals surface area contributed by atoms with E-state index in [9.17, 15) is 14.4 Å². The maximum absolute atomic E-state index is 15.1. The second-order valence-corrected chi connectivity index (χ2v) is 9.61. The maximum atomic E-state index is 15.1. The van der Waals surface area contributed by atoms with Gasteiger partial charge in [0.2, 0.25) is 11.8 Å². The molecule has 3 aliphatic rings. The highest BCUT2D eigenvalue weighted by atomic mass is 19.1. The Hall–Kier alpha value is -3.62. The Labute approximate surface area is 207 Å². The molecule has 3 aliphatic heterocycles. The van der Waals surface area contributed by atoms with E-state index in [2.05, 4.69) is 10.2 Å². The third-order valence-corrected chi connectivity index (χ3v) is 7.35. The second kappa shape index (κ2) is 9.11. The molecule has 0 bridgehead atoms. The molecule has 6 rings (SSSR count). The van der Waals surface area contributed by atoms with Crippen LogP contribution in [0.3, 0.4) is 0 Å². The van der Waals surface area contributed by atoms with E-state index in [4.69, 9.17) is 4.74 Å². The zero-order valence-electron chi connectivity index (χ0n) is 19.8. The minimum absolute atomic E-state index is 0.193. The smallest absolute Gasteiger partial charge is 0.259 e. The highest BCUT2D eigenvalue weighted by Gasteiger charge is 2.40. The summed E-state index contributed by atoms with van der Waals surface area (Å²) in [5.74, 6) is -1.27. The van der Waals surface area contributed by atoms with E-state index >= 15 is 4.39 Å². The first-order valence-corrected chi connectivity index (χ1v) is 12.3. The van der Waals surface area contributed by atoms with Crippen LogP contribution in [0.15, 0.2) is 48.5 Å². The number of carbonyl (C=O) groups excluding carboxylic acids is 3. The Morgan fingerprint density at radius 2 is 1.81 bits per heavy atom. The maximum Gasteiger partial charge on any atom is 0.259 e. The van der Waals surface area contributed by atoms with Crippen molar-refractivity contribution in [2.24, 2.45) is 0 Å². The summed E-state index contributed by atoms with van der Waals surface area (Å²) in [6.45, 7) is 3.79. The van der Waals surface area contributed by atoms with Crippen LogP contribution in [0, 0.1) is 5.82 Å². The summed E-state index contributed by atoms with van der Waals surface area (Å²) in [7, 11) is 0. The average molecular weight is 488 g/mol. The van der Waals surface area contributed by atoms with Crippen LogP contribution in [-0.4, -0.2) is 55.0 Å². The number of imide groups is 1. The lowest BCUT2D eigenvalue weighted by Gasteiger charge is -2.30. The van der Waals surface area contributed by atoms with Gasteiger partial charge in [0.15, 0.2) is 0 Å². The van der Waals surface area contributed by atoms with Gasteiger partial charge in [-0.1, -0.05) is 30.3 Å². The van der Waals surface area contributed by atoms with Gasteiger partial charge in [0.25, 0.3) is 5.91 Å². The number of hydrogen-bond donors (Lipinski definition) is 1. The number of ether oxygens (including phenoxy) is 1. The molecule has 36 heavy (non-hydrogen) atoms. The zero-order valence-corrected chi connectivity index (χ0v) is 19.8. The molecule has 2 fully saturated rings. The van der Waals surface area contributed by atoms with Crippen molar-refractivity contribution in [3.8, 4) is 0 Å². The normalized spacial score (nSPS) is 20.3. The van der Waals surface area contributed by atoms with Crippen molar-refractivity contribution in [1.82, 2.24) is 10.2 Å². The number of morpholine rings is 1. The van der Waals surface area contributed by atoms with E-state index in [1.807, 2.05) is 36.4 Å². The van der Waals surface area contributed by atoms with Gasteiger partial charge >= 0.3 is 0 Å². The van der Waals surface area contributed by atoms with Crippen molar-refractivity contribution in [2.75, 3.05) is 31.2 Å². The molecule has 3 amide bonds. The fourth-order valence-corrected chi connectivity index (χ4v) is 5.51. The predicted octanol–water partition coefficient (Wildman–Crippen LogP) is 3.17. The van der Waals surface area contributed by atoms with Gasteiger partial charge in [-0.05, 0) is 46.7 Å². The number of piperidine rings is 1. The number of nitrogens with one attached hydrogen (secondary N) is 1. The average Bonchev–Trinajstić information content (AvgIpc) is 3.16. The predicted molar refractivity (Wildman–Crippen MR) is 132 cm³/mol. The Bertz CT molecular complexity index is 1400. The van der Waals surface area contributed by atoms with Gasteiger partial charge in [0.1, 0.15) is 11.9 Å². The molecule has 0 spiro atoms. The monoisotopic (exact) mass is 487 g/mol. The Balaban J connectivity index is 1.30. The fourth-order valence-electron chi connectivity index (χ4n) is 5.51. The van der Waals surface area contributed by atoms with Gasteiger partial charge in [-0.25, -0.2) is 4.39 Å². The molecule has 7 nitrogen and oxygen atoms in total. The Morgan fingerprint density at radius 1 is 1.00 bits per heavy atom. The van der Waals surface area contributed by atoms with Crippen LogP contribution in [0.4, 0.5) is 10.1 Å². The topological polar surface area (TPSA) is 79.0 Å². The molecule has 3 heterocycles. The standard InChI is InChI=1S/C28H26FN3O4/c29-22-14-17(16-31-10-12-36-13-11-31)4-5-19(22)15-18-6-7-23-26-20(18)2-1-3-21(26)28(35)32(23)24-8-9-25(33)30-27(24)34/h1-7,14,24H,8-13,15-16H2,(H,30,33,34). The van der Waals surface area contributed by atoms with E-state index in [-0.39, 0.29) is 30.5 Å². The van der Waals surface area contributed by atoms with Crippen LogP contribution >= 0.6 is 0 Å². The third-order valence-electron chi connectivity index (χ3n) is 7.35. The van der Waals surface area contributed by atoms with Gasteiger partial charge in [0.05, 0.1) is 18.9 Å². The summed E-state index contributed by atoms with van der Waals surface area (Å²) in [5.41, 5.74) is 3.62. The number of nitrogens with zero attached hydrogens (tertiary/aromatic N) is 2. The van der Waals surface area contributed by atoms with Gasteiger partial charge < -0.3 is 4.74 Å². The van der Waals surface area contributed by atoms with Crippen molar-refractivity contribution in [3.63, 3.8) is 0 Å². The number of benzene rings is 3. The zero-order chi connectivity index (χ0) is 24.8. The second-order valence-electron chi connectivity index (χ2n) is 9.61. The van der Waals surface area contributed by atoms with Gasteiger partial charge in [0, 0.05) is 43.4 Å². The van der Waals surface area contributed by atoms with Crippen LogP contribution < -0.4 is 10.2 Å². The molecule has 0 aliphatic carbocycles. The molecule has 0 aromatic heterocycles. The number of halogens is 1. The molecular weight excluding hydrogens is 461 g/mol. The molecule has 8 heteroatoms. The Morgan fingerprint density at radius 3 is 2.58 bits per heavy atom. The summed E-state index contributed by atoms with van der Waals surface area (Å²) in [6, 6.07) is 13.9. The molecule has 0 radical (unpaired) electrons. The van der Waals surface area contributed by atoms with Crippen LogP contribution in [0.25, 0.3) is 10.8 Å². The number of rotatable bonds is 5.